The molecule has 1 N–H and O–H groups in total. The Labute approximate surface area is 87.5 Å². The first-order chi connectivity index (χ1) is 6.90. The number of nitrogens with one attached hydrogen (secondary N) is 1. The van der Waals surface area contributed by atoms with Crippen molar-refractivity contribution in [2.24, 2.45) is 0 Å². The molecule has 1 aliphatic heterocycles. The molecule has 1 saturated heterocycles. The van der Waals surface area contributed by atoms with Crippen molar-refractivity contribution >= 4 is 11.8 Å². The Balaban J connectivity index is 2.11. The topological polar surface area (TPSA) is 48.7 Å². The summed E-state index contributed by atoms with van der Waals surface area (Å²) in [5.74, 6) is 0. The zero-order chi connectivity index (χ0) is 9.80. The van der Waals surface area contributed by atoms with Crippen LogP contribution in [-0.4, -0.2) is 23.3 Å². The fourth-order valence-electron chi connectivity index (χ4n) is 1.46. The maximum absolute atomic E-state index is 8.87. The summed E-state index contributed by atoms with van der Waals surface area (Å²) in [6.45, 7) is 2.10. The fourth-order valence-corrected chi connectivity index (χ4v) is 2.57. The van der Waals surface area contributed by atoms with Gasteiger partial charge in [-0.25, -0.2) is 4.98 Å². The lowest BCUT2D eigenvalue weighted by Crippen LogP contribution is -2.10. The smallest absolute Gasteiger partial charge is 0.114 e. The van der Waals surface area contributed by atoms with E-state index < -0.39 is 0 Å². The van der Waals surface area contributed by atoms with E-state index in [4.69, 9.17) is 5.26 Å². The minimum absolute atomic E-state index is 0.567. The summed E-state index contributed by atoms with van der Waals surface area (Å²) in [5, 5.41) is 13.6. The number of rotatable bonds is 2. The molecule has 1 aliphatic rings. The summed E-state index contributed by atoms with van der Waals surface area (Å²) in [7, 11) is 0. The van der Waals surface area contributed by atoms with Gasteiger partial charge < -0.3 is 5.32 Å². The first kappa shape index (κ1) is 9.50. The van der Waals surface area contributed by atoms with Crippen molar-refractivity contribution in [3.63, 3.8) is 0 Å². The second kappa shape index (κ2) is 4.45. The van der Waals surface area contributed by atoms with Crippen molar-refractivity contribution in [1.82, 2.24) is 10.3 Å². The maximum atomic E-state index is 8.87. The van der Waals surface area contributed by atoms with Crippen LogP contribution in [0.2, 0.25) is 0 Å². The van der Waals surface area contributed by atoms with Crippen LogP contribution in [0.25, 0.3) is 0 Å². The molecule has 0 aliphatic carbocycles. The second-order valence-corrected chi connectivity index (χ2v) is 4.49. The lowest BCUT2D eigenvalue weighted by molar-refractivity contribution is 0.858. The molecule has 1 aromatic rings. The van der Waals surface area contributed by atoms with E-state index in [1.807, 2.05) is 6.07 Å². The largest absolute Gasteiger partial charge is 0.316 e. The molecule has 1 fully saturated rings. The molecule has 1 atom stereocenters. The number of nitrogens with zero attached hydrogens (tertiary/aromatic N) is 2. The Morgan fingerprint density at radius 1 is 1.64 bits per heavy atom. The van der Waals surface area contributed by atoms with E-state index in [9.17, 15) is 0 Å². The molecule has 0 saturated carbocycles. The molecular formula is C10H11N3S. The summed E-state index contributed by atoms with van der Waals surface area (Å²) >= 11 is 1.71. The highest BCUT2D eigenvalue weighted by molar-refractivity contribution is 8.00. The van der Waals surface area contributed by atoms with Crippen molar-refractivity contribution in [3.05, 3.63) is 23.9 Å². The number of aromatic nitrogens is 1. The molecule has 0 amide bonds. The number of pyridine rings is 1. The van der Waals surface area contributed by atoms with E-state index in [-0.39, 0.29) is 0 Å². The van der Waals surface area contributed by atoms with E-state index in [1.54, 1.807) is 24.0 Å². The summed E-state index contributed by atoms with van der Waals surface area (Å²) in [6, 6.07) is 5.78. The van der Waals surface area contributed by atoms with Gasteiger partial charge >= 0.3 is 0 Å². The van der Waals surface area contributed by atoms with E-state index in [0.29, 0.717) is 10.8 Å². The number of hydrogen-bond donors (Lipinski definition) is 1. The number of nitriles is 1. The van der Waals surface area contributed by atoms with Crippen LogP contribution in [0, 0.1) is 11.3 Å². The van der Waals surface area contributed by atoms with E-state index in [1.165, 1.54) is 0 Å². The molecule has 0 bridgehead atoms. The van der Waals surface area contributed by atoms with Crippen LogP contribution in [0.15, 0.2) is 23.4 Å². The lowest BCUT2D eigenvalue weighted by atomic mass is 10.3. The van der Waals surface area contributed by atoms with Crippen molar-refractivity contribution in [3.8, 4) is 6.07 Å². The van der Waals surface area contributed by atoms with Crippen molar-refractivity contribution in [2.75, 3.05) is 13.1 Å². The van der Waals surface area contributed by atoms with Crippen molar-refractivity contribution in [1.29, 1.82) is 5.26 Å². The molecule has 4 heteroatoms. The van der Waals surface area contributed by atoms with Gasteiger partial charge in [0.25, 0.3) is 0 Å². The number of thioether (sulfide) groups is 1. The normalized spacial score (nSPS) is 20.6. The molecule has 0 aromatic carbocycles. The van der Waals surface area contributed by atoms with Crippen molar-refractivity contribution < 1.29 is 0 Å². The lowest BCUT2D eigenvalue weighted by Gasteiger charge is -2.07. The van der Waals surface area contributed by atoms with Crippen LogP contribution >= 0.6 is 11.8 Å². The SMILES string of the molecule is N#Cc1cccnc1S[C@H]1CCNC1. The zero-order valence-corrected chi connectivity index (χ0v) is 8.55. The summed E-state index contributed by atoms with van der Waals surface area (Å²) < 4.78 is 0. The predicted octanol–water partition coefficient (Wildman–Crippen LogP) is 1.41. The van der Waals surface area contributed by atoms with Crippen LogP contribution in [0.5, 0.6) is 0 Å². The van der Waals surface area contributed by atoms with Crippen molar-refractivity contribution in [2.45, 2.75) is 16.7 Å². The van der Waals surface area contributed by atoms with Crippen LogP contribution < -0.4 is 5.32 Å². The number of hydrogen-bond acceptors (Lipinski definition) is 4. The van der Waals surface area contributed by atoms with E-state index >= 15 is 0 Å². The zero-order valence-electron chi connectivity index (χ0n) is 7.73. The average Bonchev–Trinajstić information content (AvgIpc) is 2.71. The Morgan fingerprint density at radius 2 is 2.57 bits per heavy atom. The highest BCUT2D eigenvalue weighted by Crippen LogP contribution is 2.27. The Hall–Kier alpha value is -1.05. The fraction of sp³-hybridized carbons (Fsp3) is 0.400. The van der Waals surface area contributed by atoms with Gasteiger partial charge in [0.15, 0.2) is 0 Å². The standard InChI is InChI=1S/C10H11N3S/c11-6-8-2-1-4-13-10(8)14-9-3-5-12-7-9/h1-2,4,9,12H,3,5,7H2/t9-/m0/s1. The average molecular weight is 205 g/mol. The third-order valence-electron chi connectivity index (χ3n) is 2.19. The first-order valence-corrected chi connectivity index (χ1v) is 5.50. The molecular weight excluding hydrogens is 194 g/mol. The minimum Gasteiger partial charge on any atom is -0.316 e. The summed E-state index contributed by atoms with van der Waals surface area (Å²) in [4.78, 5) is 4.23. The predicted molar refractivity (Wildman–Crippen MR) is 56.1 cm³/mol. The van der Waals surface area contributed by atoms with E-state index in [0.717, 1.165) is 24.5 Å². The minimum atomic E-state index is 0.567. The van der Waals surface area contributed by atoms with Gasteiger partial charge in [0.1, 0.15) is 11.1 Å². The van der Waals surface area contributed by atoms with Gasteiger partial charge in [0.2, 0.25) is 0 Å². The van der Waals surface area contributed by atoms with E-state index in [2.05, 4.69) is 16.4 Å². The van der Waals surface area contributed by atoms with Crippen LogP contribution in [0.3, 0.4) is 0 Å². The second-order valence-electron chi connectivity index (χ2n) is 3.20. The molecule has 2 heterocycles. The van der Waals surface area contributed by atoms with Gasteiger partial charge in [-0.05, 0) is 25.1 Å². The molecule has 0 radical (unpaired) electrons. The highest BCUT2D eigenvalue weighted by Gasteiger charge is 2.17. The molecule has 1 aromatic heterocycles. The quantitative estimate of drug-likeness (QED) is 0.793. The van der Waals surface area contributed by atoms with Gasteiger partial charge in [-0.2, -0.15) is 5.26 Å². The monoisotopic (exact) mass is 205 g/mol. The van der Waals surface area contributed by atoms with Gasteiger partial charge in [0, 0.05) is 18.0 Å². The Morgan fingerprint density at radius 3 is 3.29 bits per heavy atom. The van der Waals surface area contributed by atoms with Gasteiger partial charge in [-0.15, -0.1) is 11.8 Å². The van der Waals surface area contributed by atoms with Gasteiger partial charge in [0.05, 0.1) is 5.56 Å². The third kappa shape index (κ3) is 2.06. The first-order valence-electron chi connectivity index (χ1n) is 4.62. The molecule has 3 nitrogen and oxygen atoms in total. The van der Waals surface area contributed by atoms with Gasteiger partial charge in [-0.3, -0.25) is 0 Å². The summed E-state index contributed by atoms with van der Waals surface area (Å²) in [5.41, 5.74) is 0.685. The Kier molecular flexibility index (Phi) is 3.02. The van der Waals surface area contributed by atoms with Crippen LogP contribution in [-0.2, 0) is 0 Å². The molecule has 0 unspecified atom stereocenters. The maximum Gasteiger partial charge on any atom is 0.114 e. The van der Waals surface area contributed by atoms with Crippen LogP contribution in [0.1, 0.15) is 12.0 Å². The molecule has 2 rings (SSSR count). The molecule has 72 valence electrons. The highest BCUT2D eigenvalue weighted by atomic mass is 32.2. The summed E-state index contributed by atoms with van der Waals surface area (Å²) in [6.07, 6.45) is 2.90. The van der Waals surface area contributed by atoms with Crippen LogP contribution in [0.4, 0.5) is 0 Å². The third-order valence-corrected chi connectivity index (χ3v) is 3.47. The molecule has 14 heavy (non-hydrogen) atoms. The van der Waals surface area contributed by atoms with Gasteiger partial charge in [-0.1, -0.05) is 0 Å². The molecule has 0 spiro atoms. The Bertz CT molecular complexity index is 353.